The summed E-state index contributed by atoms with van der Waals surface area (Å²) in [6.07, 6.45) is 0.775. The van der Waals surface area contributed by atoms with Gasteiger partial charge in [-0.05, 0) is 12.1 Å². The molecule has 148 valence electrons. The minimum Gasteiger partial charge on any atom is -0.490 e. The molecule has 0 saturated carbocycles. The van der Waals surface area contributed by atoms with Crippen LogP contribution in [0.1, 0.15) is 6.42 Å². The molecule has 2 fully saturated rings. The average molecular weight is 414 g/mol. The number of carbonyl (C=O) groups is 1. The standard InChI is InChI=1S/C17H23N3O5S2/c21-17-19(8-11-26-17)13-18-4-6-20(7-5-18)27(22,23)14-2-3-15-16(12-14)25-10-1-9-24-15/h2-3,12H,1,4-11,13H2. The zero-order chi connectivity index (χ0) is 18.9. The van der Waals surface area contributed by atoms with Gasteiger partial charge in [0.2, 0.25) is 10.0 Å². The van der Waals surface area contributed by atoms with Crippen LogP contribution in [0, 0.1) is 0 Å². The first-order chi connectivity index (χ1) is 13.0. The van der Waals surface area contributed by atoms with Gasteiger partial charge in [0.25, 0.3) is 5.24 Å². The Kier molecular flexibility index (Phi) is 5.49. The third kappa shape index (κ3) is 4.03. The van der Waals surface area contributed by atoms with Gasteiger partial charge in [-0.1, -0.05) is 11.8 Å². The molecule has 2 saturated heterocycles. The number of hydrogen-bond donors (Lipinski definition) is 0. The van der Waals surface area contributed by atoms with Crippen LogP contribution in [0.2, 0.25) is 0 Å². The van der Waals surface area contributed by atoms with E-state index in [4.69, 9.17) is 9.47 Å². The first kappa shape index (κ1) is 18.9. The van der Waals surface area contributed by atoms with Crippen LogP contribution >= 0.6 is 11.8 Å². The molecular formula is C17H23N3O5S2. The second-order valence-corrected chi connectivity index (χ2v) is 9.68. The van der Waals surface area contributed by atoms with Gasteiger partial charge in [-0.2, -0.15) is 4.31 Å². The highest BCUT2D eigenvalue weighted by Gasteiger charge is 2.31. The smallest absolute Gasteiger partial charge is 0.282 e. The van der Waals surface area contributed by atoms with Crippen LogP contribution in [0.5, 0.6) is 11.5 Å². The predicted octanol–water partition coefficient (Wildman–Crippen LogP) is 1.28. The Morgan fingerprint density at radius 1 is 1.00 bits per heavy atom. The molecule has 3 aliphatic rings. The monoisotopic (exact) mass is 413 g/mol. The number of piperazine rings is 1. The molecule has 0 bridgehead atoms. The molecule has 1 aromatic rings. The maximum atomic E-state index is 13.0. The summed E-state index contributed by atoms with van der Waals surface area (Å²) in [6, 6.07) is 4.80. The molecule has 27 heavy (non-hydrogen) atoms. The van der Waals surface area contributed by atoms with E-state index in [1.54, 1.807) is 18.2 Å². The lowest BCUT2D eigenvalue weighted by Crippen LogP contribution is -2.51. The summed E-state index contributed by atoms with van der Waals surface area (Å²) in [6.45, 7) is 4.46. The largest absolute Gasteiger partial charge is 0.490 e. The van der Waals surface area contributed by atoms with E-state index < -0.39 is 10.0 Å². The maximum absolute atomic E-state index is 13.0. The summed E-state index contributed by atoms with van der Waals surface area (Å²) in [5.41, 5.74) is 0. The highest BCUT2D eigenvalue weighted by Crippen LogP contribution is 2.33. The van der Waals surface area contributed by atoms with E-state index in [1.165, 1.54) is 16.1 Å². The van der Waals surface area contributed by atoms with Gasteiger partial charge in [-0.25, -0.2) is 8.42 Å². The summed E-state index contributed by atoms with van der Waals surface area (Å²) in [5, 5.41) is 0.109. The number of nitrogens with zero attached hydrogens (tertiary/aromatic N) is 3. The van der Waals surface area contributed by atoms with E-state index in [2.05, 4.69) is 4.90 Å². The highest BCUT2D eigenvalue weighted by molar-refractivity contribution is 8.13. The molecule has 0 spiro atoms. The van der Waals surface area contributed by atoms with Crippen molar-refractivity contribution in [1.29, 1.82) is 0 Å². The van der Waals surface area contributed by atoms with Crippen molar-refractivity contribution in [3.8, 4) is 11.5 Å². The SMILES string of the molecule is O=C1SCCN1CN1CCN(S(=O)(=O)c2ccc3c(c2)OCCCO3)CC1. The number of thioether (sulfide) groups is 1. The molecule has 0 aromatic heterocycles. The number of amides is 1. The number of benzene rings is 1. The fourth-order valence-corrected chi connectivity index (χ4v) is 5.62. The van der Waals surface area contributed by atoms with Crippen LogP contribution in [0.3, 0.4) is 0 Å². The van der Waals surface area contributed by atoms with E-state index >= 15 is 0 Å². The first-order valence-electron chi connectivity index (χ1n) is 9.08. The van der Waals surface area contributed by atoms with Crippen LogP contribution in [0.4, 0.5) is 4.79 Å². The van der Waals surface area contributed by atoms with Crippen molar-refractivity contribution in [3.63, 3.8) is 0 Å². The number of ether oxygens (including phenoxy) is 2. The topological polar surface area (TPSA) is 79.4 Å². The molecule has 0 radical (unpaired) electrons. The third-order valence-electron chi connectivity index (χ3n) is 4.90. The van der Waals surface area contributed by atoms with Crippen molar-refractivity contribution < 1.29 is 22.7 Å². The van der Waals surface area contributed by atoms with E-state index in [9.17, 15) is 13.2 Å². The predicted molar refractivity (Wildman–Crippen MR) is 102 cm³/mol. The zero-order valence-corrected chi connectivity index (χ0v) is 16.6. The molecular weight excluding hydrogens is 390 g/mol. The fourth-order valence-electron chi connectivity index (χ4n) is 3.36. The number of sulfonamides is 1. The van der Waals surface area contributed by atoms with Crippen LogP contribution < -0.4 is 9.47 Å². The van der Waals surface area contributed by atoms with Crippen molar-refractivity contribution in [1.82, 2.24) is 14.1 Å². The Morgan fingerprint density at radius 2 is 1.74 bits per heavy atom. The normalized spacial score (nSPS) is 22.1. The number of fused-ring (bicyclic) bond motifs is 1. The molecule has 10 heteroatoms. The minimum atomic E-state index is -3.58. The van der Waals surface area contributed by atoms with Crippen LogP contribution in [-0.2, 0) is 10.0 Å². The maximum Gasteiger partial charge on any atom is 0.282 e. The molecule has 3 heterocycles. The van der Waals surface area contributed by atoms with Crippen LogP contribution in [0.25, 0.3) is 0 Å². The summed E-state index contributed by atoms with van der Waals surface area (Å²) in [5.74, 6) is 1.90. The van der Waals surface area contributed by atoms with Gasteiger partial charge in [0.05, 0.1) is 24.8 Å². The zero-order valence-electron chi connectivity index (χ0n) is 15.0. The molecule has 1 amide bonds. The first-order valence-corrected chi connectivity index (χ1v) is 11.5. The lowest BCUT2D eigenvalue weighted by molar-refractivity contribution is 0.126. The average Bonchev–Trinajstić information content (AvgIpc) is 2.93. The summed E-state index contributed by atoms with van der Waals surface area (Å²) in [7, 11) is -3.58. The molecule has 0 unspecified atom stereocenters. The minimum absolute atomic E-state index is 0.109. The van der Waals surface area contributed by atoms with Crippen LogP contribution in [-0.4, -0.2) is 86.1 Å². The Morgan fingerprint density at radius 3 is 2.44 bits per heavy atom. The number of hydrogen-bond acceptors (Lipinski definition) is 7. The van der Waals surface area contributed by atoms with E-state index in [-0.39, 0.29) is 10.1 Å². The van der Waals surface area contributed by atoms with Crippen molar-refractivity contribution in [3.05, 3.63) is 18.2 Å². The van der Waals surface area contributed by atoms with E-state index in [0.29, 0.717) is 57.6 Å². The van der Waals surface area contributed by atoms with Gasteiger partial charge in [0, 0.05) is 51.0 Å². The van der Waals surface area contributed by atoms with Gasteiger partial charge in [-0.3, -0.25) is 9.69 Å². The number of rotatable bonds is 4. The van der Waals surface area contributed by atoms with E-state index in [1.807, 2.05) is 4.90 Å². The molecule has 8 nitrogen and oxygen atoms in total. The van der Waals surface area contributed by atoms with Gasteiger partial charge in [-0.15, -0.1) is 0 Å². The van der Waals surface area contributed by atoms with Gasteiger partial charge >= 0.3 is 0 Å². The van der Waals surface area contributed by atoms with Gasteiger partial charge in [0.15, 0.2) is 11.5 Å². The van der Waals surface area contributed by atoms with Crippen molar-refractivity contribution in [2.24, 2.45) is 0 Å². The summed E-state index contributed by atoms with van der Waals surface area (Å²) in [4.78, 5) is 15.9. The molecule has 0 atom stereocenters. The van der Waals surface area contributed by atoms with Crippen LogP contribution in [0.15, 0.2) is 23.1 Å². The Hall–Kier alpha value is -1.49. The Bertz CT molecular complexity index is 809. The Labute approximate surface area is 163 Å². The third-order valence-corrected chi connectivity index (χ3v) is 7.69. The Balaban J connectivity index is 1.41. The van der Waals surface area contributed by atoms with Crippen molar-refractivity contribution >= 4 is 27.0 Å². The highest BCUT2D eigenvalue weighted by atomic mass is 32.2. The second kappa shape index (κ2) is 7.86. The van der Waals surface area contributed by atoms with Crippen molar-refractivity contribution in [2.45, 2.75) is 11.3 Å². The lowest BCUT2D eigenvalue weighted by atomic mass is 10.3. The number of carbonyl (C=O) groups excluding carboxylic acids is 1. The molecule has 1 aromatic carbocycles. The molecule has 0 aliphatic carbocycles. The lowest BCUT2D eigenvalue weighted by Gasteiger charge is -2.35. The van der Waals surface area contributed by atoms with Crippen molar-refractivity contribution in [2.75, 3.05) is 58.4 Å². The molecule has 4 rings (SSSR count). The van der Waals surface area contributed by atoms with Gasteiger partial charge in [0.1, 0.15) is 0 Å². The summed E-state index contributed by atoms with van der Waals surface area (Å²) < 4.78 is 38.7. The second-order valence-electron chi connectivity index (χ2n) is 6.70. The molecule has 0 N–H and O–H groups in total. The molecule has 3 aliphatic heterocycles. The quantitative estimate of drug-likeness (QED) is 0.736. The van der Waals surface area contributed by atoms with E-state index in [0.717, 1.165) is 18.7 Å². The van der Waals surface area contributed by atoms with Gasteiger partial charge < -0.3 is 14.4 Å². The summed E-state index contributed by atoms with van der Waals surface area (Å²) >= 11 is 1.34. The fraction of sp³-hybridized carbons (Fsp3) is 0.588.